The van der Waals surface area contributed by atoms with Crippen LogP contribution in [-0.2, 0) is 4.74 Å². The zero-order valence-electron chi connectivity index (χ0n) is 10.0. The summed E-state index contributed by atoms with van der Waals surface area (Å²) >= 11 is 4.85. The Balaban J connectivity index is 2.05. The van der Waals surface area contributed by atoms with E-state index in [9.17, 15) is 4.79 Å². The highest BCUT2D eigenvalue weighted by molar-refractivity contribution is 9.11. The summed E-state index contributed by atoms with van der Waals surface area (Å²) in [4.78, 5) is 11.6. The second-order valence-electron chi connectivity index (χ2n) is 3.71. The van der Waals surface area contributed by atoms with Crippen LogP contribution in [0.3, 0.4) is 0 Å². The molecular formula is C12H18BrNO2S. The maximum absolute atomic E-state index is 11.6. The van der Waals surface area contributed by atoms with Gasteiger partial charge in [-0.1, -0.05) is 13.3 Å². The van der Waals surface area contributed by atoms with E-state index in [0.717, 1.165) is 29.7 Å². The molecule has 0 radical (unpaired) electrons. The fraction of sp³-hybridized carbons (Fsp3) is 0.583. The van der Waals surface area contributed by atoms with Crippen molar-refractivity contribution in [1.82, 2.24) is 5.32 Å². The van der Waals surface area contributed by atoms with Gasteiger partial charge >= 0.3 is 0 Å². The molecule has 0 aliphatic heterocycles. The highest BCUT2D eigenvalue weighted by Gasteiger charge is 2.06. The first-order valence-electron chi connectivity index (χ1n) is 5.84. The molecule has 0 atom stereocenters. The molecule has 1 amide bonds. The summed E-state index contributed by atoms with van der Waals surface area (Å²) in [5.74, 6) is -0.0134. The van der Waals surface area contributed by atoms with Crippen LogP contribution in [0.2, 0.25) is 0 Å². The number of carbonyl (C=O) groups is 1. The Morgan fingerprint density at radius 2 is 2.24 bits per heavy atom. The number of halogens is 1. The molecule has 0 saturated carbocycles. The molecule has 0 aliphatic carbocycles. The van der Waals surface area contributed by atoms with Gasteiger partial charge in [0.2, 0.25) is 0 Å². The van der Waals surface area contributed by atoms with Crippen LogP contribution < -0.4 is 5.32 Å². The van der Waals surface area contributed by atoms with Crippen molar-refractivity contribution < 1.29 is 9.53 Å². The molecule has 0 saturated heterocycles. The molecule has 1 rings (SSSR count). The van der Waals surface area contributed by atoms with Crippen LogP contribution in [0.15, 0.2) is 15.2 Å². The molecule has 1 heterocycles. The predicted molar refractivity (Wildman–Crippen MR) is 74.7 cm³/mol. The van der Waals surface area contributed by atoms with Crippen LogP contribution in [-0.4, -0.2) is 25.7 Å². The lowest BCUT2D eigenvalue weighted by molar-refractivity contribution is 0.0941. The van der Waals surface area contributed by atoms with Crippen LogP contribution in [0, 0.1) is 0 Å². The minimum absolute atomic E-state index is 0.0134. The number of unbranched alkanes of at least 4 members (excludes halogenated alkanes) is 1. The Labute approximate surface area is 115 Å². The van der Waals surface area contributed by atoms with Crippen molar-refractivity contribution in [2.45, 2.75) is 26.2 Å². The highest BCUT2D eigenvalue weighted by Crippen LogP contribution is 2.20. The van der Waals surface area contributed by atoms with Gasteiger partial charge in [-0.05, 0) is 34.8 Å². The van der Waals surface area contributed by atoms with Crippen LogP contribution in [0.1, 0.15) is 36.5 Å². The Morgan fingerprint density at radius 3 is 2.88 bits per heavy atom. The Morgan fingerprint density at radius 1 is 1.47 bits per heavy atom. The topological polar surface area (TPSA) is 38.3 Å². The quantitative estimate of drug-likeness (QED) is 0.745. The summed E-state index contributed by atoms with van der Waals surface area (Å²) in [5, 5.41) is 4.71. The van der Waals surface area contributed by atoms with Crippen molar-refractivity contribution in [2.24, 2.45) is 0 Å². The smallest absolute Gasteiger partial charge is 0.252 e. The molecule has 0 bridgehead atoms. The molecule has 0 aliphatic rings. The third kappa shape index (κ3) is 6.19. The number of rotatable bonds is 8. The van der Waals surface area contributed by atoms with E-state index in [1.165, 1.54) is 11.3 Å². The van der Waals surface area contributed by atoms with Crippen molar-refractivity contribution in [1.29, 1.82) is 0 Å². The van der Waals surface area contributed by atoms with Crippen molar-refractivity contribution in [2.75, 3.05) is 19.8 Å². The standard InChI is InChI=1S/C12H18BrNO2S/c1-2-3-6-16-7-4-5-14-12(15)10-8-11(13)17-9-10/h8-9H,2-7H2,1H3,(H,14,15). The van der Waals surface area contributed by atoms with Gasteiger partial charge in [0.05, 0.1) is 9.35 Å². The number of ether oxygens (including phenoxy) is 1. The maximum Gasteiger partial charge on any atom is 0.252 e. The summed E-state index contributed by atoms with van der Waals surface area (Å²) < 4.78 is 6.39. The number of carbonyl (C=O) groups excluding carboxylic acids is 1. The molecular weight excluding hydrogens is 302 g/mol. The Bertz CT molecular complexity index is 341. The monoisotopic (exact) mass is 319 g/mol. The number of hydrogen-bond acceptors (Lipinski definition) is 3. The van der Waals surface area contributed by atoms with Crippen LogP contribution in [0.4, 0.5) is 0 Å². The van der Waals surface area contributed by atoms with Crippen molar-refractivity contribution >= 4 is 33.2 Å². The molecule has 96 valence electrons. The van der Waals surface area contributed by atoms with Crippen LogP contribution in [0.5, 0.6) is 0 Å². The predicted octanol–water partition coefficient (Wildman–Crippen LogP) is 3.45. The highest BCUT2D eigenvalue weighted by atomic mass is 79.9. The summed E-state index contributed by atoms with van der Waals surface area (Å²) in [6.45, 7) is 4.34. The average Bonchev–Trinajstić information content (AvgIpc) is 2.74. The number of thiophene rings is 1. The zero-order chi connectivity index (χ0) is 12.5. The summed E-state index contributed by atoms with van der Waals surface area (Å²) in [7, 11) is 0. The van der Waals surface area contributed by atoms with E-state index in [4.69, 9.17) is 4.74 Å². The van der Waals surface area contributed by atoms with Gasteiger partial charge in [-0.25, -0.2) is 0 Å². The lowest BCUT2D eigenvalue weighted by Gasteiger charge is -2.04. The molecule has 1 aromatic rings. The normalized spacial score (nSPS) is 10.5. The first kappa shape index (κ1) is 14.7. The van der Waals surface area contributed by atoms with E-state index >= 15 is 0 Å². The third-order valence-corrected chi connectivity index (χ3v) is 3.73. The molecule has 0 spiro atoms. The van der Waals surface area contributed by atoms with Gasteiger partial charge in [0, 0.05) is 25.1 Å². The maximum atomic E-state index is 11.6. The summed E-state index contributed by atoms with van der Waals surface area (Å²) in [5.41, 5.74) is 0.716. The average molecular weight is 320 g/mol. The lowest BCUT2D eigenvalue weighted by atomic mass is 10.3. The van der Waals surface area contributed by atoms with Crippen molar-refractivity contribution in [3.05, 3.63) is 20.8 Å². The Kier molecular flexibility index (Phi) is 7.48. The van der Waals surface area contributed by atoms with Gasteiger partial charge in [-0.3, -0.25) is 4.79 Å². The molecule has 0 fully saturated rings. The Hall–Kier alpha value is -0.390. The molecule has 5 heteroatoms. The van der Waals surface area contributed by atoms with Gasteiger partial charge in [-0.15, -0.1) is 11.3 Å². The fourth-order valence-electron chi connectivity index (χ4n) is 1.26. The number of hydrogen-bond donors (Lipinski definition) is 1. The van der Waals surface area contributed by atoms with Gasteiger partial charge in [0.15, 0.2) is 0 Å². The van der Waals surface area contributed by atoms with Gasteiger partial charge < -0.3 is 10.1 Å². The second kappa shape index (κ2) is 8.66. The molecule has 0 aromatic carbocycles. The molecule has 3 nitrogen and oxygen atoms in total. The van der Waals surface area contributed by atoms with E-state index in [-0.39, 0.29) is 5.91 Å². The number of amides is 1. The largest absolute Gasteiger partial charge is 0.381 e. The first-order chi connectivity index (χ1) is 8.24. The molecule has 1 aromatic heterocycles. The SMILES string of the molecule is CCCCOCCCNC(=O)c1csc(Br)c1. The van der Waals surface area contributed by atoms with E-state index in [2.05, 4.69) is 28.2 Å². The zero-order valence-corrected chi connectivity index (χ0v) is 12.4. The third-order valence-electron chi connectivity index (χ3n) is 2.22. The van der Waals surface area contributed by atoms with E-state index in [1.807, 2.05) is 11.4 Å². The number of nitrogens with one attached hydrogen (secondary N) is 1. The summed E-state index contributed by atoms with van der Waals surface area (Å²) in [6.07, 6.45) is 3.12. The van der Waals surface area contributed by atoms with E-state index in [0.29, 0.717) is 18.7 Å². The minimum atomic E-state index is -0.0134. The van der Waals surface area contributed by atoms with Crippen molar-refractivity contribution in [3.8, 4) is 0 Å². The van der Waals surface area contributed by atoms with Gasteiger partial charge in [0.1, 0.15) is 0 Å². The molecule has 17 heavy (non-hydrogen) atoms. The van der Waals surface area contributed by atoms with Crippen LogP contribution >= 0.6 is 27.3 Å². The second-order valence-corrected chi connectivity index (χ2v) is 6.01. The van der Waals surface area contributed by atoms with Crippen LogP contribution in [0.25, 0.3) is 0 Å². The lowest BCUT2D eigenvalue weighted by Crippen LogP contribution is -2.24. The van der Waals surface area contributed by atoms with E-state index in [1.54, 1.807) is 0 Å². The van der Waals surface area contributed by atoms with Gasteiger partial charge in [-0.2, -0.15) is 0 Å². The fourth-order valence-corrected chi connectivity index (χ4v) is 2.39. The first-order valence-corrected chi connectivity index (χ1v) is 7.51. The van der Waals surface area contributed by atoms with E-state index < -0.39 is 0 Å². The van der Waals surface area contributed by atoms with Gasteiger partial charge in [0.25, 0.3) is 5.91 Å². The summed E-state index contributed by atoms with van der Waals surface area (Å²) in [6, 6.07) is 1.83. The molecule has 1 N–H and O–H groups in total. The minimum Gasteiger partial charge on any atom is -0.381 e. The van der Waals surface area contributed by atoms with Crippen molar-refractivity contribution in [3.63, 3.8) is 0 Å². The molecule has 0 unspecified atom stereocenters.